The first-order chi connectivity index (χ1) is 4.81. The zero-order valence-electron chi connectivity index (χ0n) is 6.01. The third-order valence-electron chi connectivity index (χ3n) is 1.22. The fourth-order valence-corrected chi connectivity index (χ4v) is 0.649. The smallest absolute Gasteiger partial charge is 0.324 e. The van der Waals surface area contributed by atoms with Crippen molar-refractivity contribution in [1.82, 2.24) is 0 Å². The number of rotatable bonds is 5. The summed E-state index contributed by atoms with van der Waals surface area (Å²) in [5.41, 5.74) is 5.24. The Hall–Kier alpha value is -0.610. The van der Waals surface area contributed by atoms with Gasteiger partial charge in [-0.15, -0.1) is 0 Å². The van der Waals surface area contributed by atoms with E-state index in [0.29, 0.717) is 13.0 Å². The van der Waals surface area contributed by atoms with Gasteiger partial charge in [-0.1, -0.05) is 6.42 Å². The van der Waals surface area contributed by atoms with E-state index < -0.39 is 0 Å². The summed E-state index contributed by atoms with van der Waals surface area (Å²) < 4.78 is 0. The highest BCUT2D eigenvalue weighted by atomic mass is 16.7. The molecule has 0 aliphatic heterocycles. The standard InChI is InChI=1S/C6H14N2O2/c7-5-3-1-2-4-6(9)10-8/h1-5,7-8H2. The lowest BCUT2D eigenvalue weighted by Gasteiger charge is -1.96. The third kappa shape index (κ3) is 5.53. The van der Waals surface area contributed by atoms with Crippen LogP contribution in [0.3, 0.4) is 0 Å². The zero-order valence-corrected chi connectivity index (χ0v) is 6.01. The van der Waals surface area contributed by atoms with Gasteiger partial charge in [-0.2, -0.15) is 5.90 Å². The van der Waals surface area contributed by atoms with E-state index in [9.17, 15) is 4.79 Å². The van der Waals surface area contributed by atoms with Gasteiger partial charge in [-0.25, -0.2) is 0 Å². The normalized spacial score (nSPS) is 9.40. The van der Waals surface area contributed by atoms with Crippen molar-refractivity contribution in [2.45, 2.75) is 25.7 Å². The van der Waals surface area contributed by atoms with Gasteiger partial charge in [-0.05, 0) is 19.4 Å². The SMILES string of the molecule is NCCCCCC(=O)ON. The van der Waals surface area contributed by atoms with Gasteiger partial charge in [0, 0.05) is 6.42 Å². The van der Waals surface area contributed by atoms with Gasteiger partial charge >= 0.3 is 5.97 Å². The van der Waals surface area contributed by atoms with E-state index in [-0.39, 0.29) is 5.97 Å². The molecule has 10 heavy (non-hydrogen) atoms. The van der Waals surface area contributed by atoms with Gasteiger partial charge < -0.3 is 10.6 Å². The number of carbonyl (C=O) groups excluding carboxylic acids is 1. The lowest BCUT2D eigenvalue weighted by molar-refractivity contribution is -0.144. The molecule has 0 atom stereocenters. The summed E-state index contributed by atoms with van der Waals surface area (Å²) in [6.45, 7) is 0.678. The van der Waals surface area contributed by atoms with Crippen LogP contribution < -0.4 is 11.6 Å². The first-order valence-corrected chi connectivity index (χ1v) is 3.41. The van der Waals surface area contributed by atoms with Gasteiger partial charge in [0.25, 0.3) is 0 Å². The first-order valence-electron chi connectivity index (χ1n) is 3.41. The fraction of sp³-hybridized carbons (Fsp3) is 0.833. The second-order valence-electron chi connectivity index (χ2n) is 2.09. The highest BCUT2D eigenvalue weighted by Crippen LogP contribution is 1.98. The van der Waals surface area contributed by atoms with Gasteiger partial charge in [0.1, 0.15) is 0 Å². The van der Waals surface area contributed by atoms with E-state index in [4.69, 9.17) is 5.73 Å². The van der Waals surface area contributed by atoms with Crippen molar-refractivity contribution in [3.8, 4) is 0 Å². The van der Waals surface area contributed by atoms with Crippen LogP contribution >= 0.6 is 0 Å². The molecule has 0 radical (unpaired) electrons. The maximum absolute atomic E-state index is 10.4. The molecule has 60 valence electrons. The van der Waals surface area contributed by atoms with E-state index in [2.05, 4.69) is 10.7 Å². The summed E-state index contributed by atoms with van der Waals surface area (Å²) in [5.74, 6) is 4.26. The Labute approximate surface area is 60.5 Å². The molecule has 4 N–H and O–H groups in total. The molecule has 0 aromatic heterocycles. The van der Waals surface area contributed by atoms with Crippen LogP contribution in [0.5, 0.6) is 0 Å². The molecular weight excluding hydrogens is 132 g/mol. The number of unbranched alkanes of at least 4 members (excludes halogenated alkanes) is 2. The maximum Gasteiger partial charge on any atom is 0.324 e. The monoisotopic (exact) mass is 146 g/mol. The Morgan fingerprint density at radius 1 is 1.30 bits per heavy atom. The molecule has 0 aromatic rings. The second kappa shape index (κ2) is 6.51. The molecule has 0 saturated carbocycles. The molecular formula is C6H14N2O2. The minimum Gasteiger partial charge on any atom is -0.373 e. The summed E-state index contributed by atoms with van der Waals surface area (Å²) in [6, 6.07) is 0. The molecule has 4 nitrogen and oxygen atoms in total. The molecule has 0 fully saturated rings. The minimum absolute atomic E-state index is 0.350. The second-order valence-corrected chi connectivity index (χ2v) is 2.09. The first kappa shape index (κ1) is 9.39. The highest BCUT2D eigenvalue weighted by Gasteiger charge is 1.98. The average Bonchev–Trinajstić information content (AvgIpc) is 1.98. The molecule has 0 rings (SSSR count). The molecule has 0 aromatic carbocycles. The van der Waals surface area contributed by atoms with Crippen molar-refractivity contribution in [3.63, 3.8) is 0 Å². The van der Waals surface area contributed by atoms with Gasteiger partial charge in [0.2, 0.25) is 0 Å². The largest absolute Gasteiger partial charge is 0.373 e. The summed E-state index contributed by atoms with van der Waals surface area (Å²) >= 11 is 0. The van der Waals surface area contributed by atoms with E-state index in [1.165, 1.54) is 0 Å². The zero-order chi connectivity index (χ0) is 7.82. The number of hydrogen-bond acceptors (Lipinski definition) is 4. The predicted octanol–water partition coefficient (Wildman–Crippen LogP) is -0.0776. The molecule has 0 aliphatic carbocycles. The van der Waals surface area contributed by atoms with Crippen LogP contribution in [0.15, 0.2) is 0 Å². The molecule has 0 heterocycles. The minimum atomic E-state index is -0.350. The number of nitrogens with two attached hydrogens (primary N) is 2. The molecule has 0 saturated heterocycles. The van der Waals surface area contributed by atoms with Crippen molar-refractivity contribution in [2.24, 2.45) is 11.6 Å². The third-order valence-corrected chi connectivity index (χ3v) is 1.22. The number of carbonyl (C=O) groups is 1. The molecule has 0 bridgehead atoms. The molecule has 0 unspecified atom stereocenters. The lowest BCUT2D eigenvalue weighted by atomic mass is 10.2. The van der Waals surface area contributed by atoms with Crippen molar-refractivity contribution in [2.75, 3.05) is 6.54 Å². The Morgan fingerprint density at radius 2 is 2.00 bits per heavy atom. The van der Waals surface area contributed by atoms with Crippen LogP contribution in [0.1, 0.15) is 25.7 Å². The summed E-state index contributed by atoms with van der Waals surface area (Å²) in [6.07, 6.45) is 3.13. The molecule has 0 aliphatic rings. The van der Waals surface area contributed by atoms with Crippen LogP contribution in [0.2, 0.25) is 0 Å². The van der Waals surface area contributed by atoms with Gasteiger partial charge in [0.15, 0.2) is 0 Å². The fourth-order valence-electron chi connectivity index (χ4n) is 0.649. The Bertz CT molecular complexity index is 95.7. The van der Waals surface area contributed by atoms with Gasteiger partial charge in [0.05, 0.1) is 0 Å². The molecule has 0 amide bonds. The van der Waals surface area contributed by atoms with Crippen molar-refractivity contribution < 1.29 is 9.63 Å². The molecule has 4 heteroatoms. The summed E-state index contributed by atoms with van der Waals surface area (Å²) in [7, 11) is 0. The summed E-state index contributed by atoms with van der Waals surface area (Å²) in [4.78, 5) is 14.4. The molecule has 0 spiro atoms. The number of hydrogen-bond donors (Lipinski definition) is 2. The Kier molecular flexibility index (Phi) is 6.11. The van der Waals surface area contributed by atoms with E-state index in [1.807, 2.05) is 0 Å². The lowest BCUT2D eigenvalue weighted by Crippen LogP contribution is -2.09. The van der Waals surface area contributed by atoms with Crippen LogP contribution in [0, 0.1) is 0 Å². The summed E-state index contributed by atoms with van der Waals surface area (Å²) in [5, 5.41) is 0. The topological polar surface area (TPSA) is 78.3 Å². The quantitative estimate of drug-likeness (QED) is 0.420. The Morgan fingerprint density at radius 3 is 2.50 bits per heavy atom. The van der Waals surface area contributed by atoms with Crippen LogP contribution in [0.25, 0.3) is 0 Å². The van der Waals surface area contributed by atoms with Crippen molar-refractivity contribution >= 4 is 5.97 Å². The van der Waals surface area contributed by atoms with Gasteiger partial charge in [-0.3, -0.25) is 4.79 Å². The van der Waals surface area contributed by atoms with E-state index in [0.717, 1.165) is 19.3 Å². The maximum atomic E-state index is 10.4. The van der Waals surface area contributed by atoms with E-state index in [1.54, 1.807) is 0 Å². The average molecular weight is 146 g/mol. The van der Waals surface area contributed by atoms with Crippen molar-refractivity contribution in [1.29, 1.82) is 0 Å². The Balaban J connectivity index is 2.96. The predicted molar refractivity (Wildman–Crippen MR) is 37.8 cm³/mol. The van der Waals surface area contributed by atoms with Crippen LogP contribution in [-0.2, 0) is 9.63 Å². The highest BCUT2D eigenvalue weighted by molar-refractivity contribution is 5.68. The van der Waals surface area contributed by atoms with Crippen LogP contribution in [-0.4, -0.2) is 12.5 Å². The van der Waals surface area contributed by atoms with Crippen LogP contribution in [0.4, 0.5) is 0 Å². The van der Waals surface area contributed by atoms with Crippen molar-refractivity contribution in [3.05, 3.63) is 0 Å². The van der Waals surface area contributed by atoms with E-state index >= 15 is 0 Å².